The number of phosphoric acid groups is 1. The number of hydrogen-bond acceptors (Lipinski definition) is 5. The van der Waals surface area contributed by atoms with Gasteiger partial charge in [0.25, 0.3) is 0 Å². The van der Waals surface area contributed by atoms with Crippen molar-refractivity contribution in [3.63, 3.8) is 0 Å². The van der Waals surface area contributed by atoms with Gasteiger partial charge < -0.3 is 25.7 Å². The summed E-state index contributed by atoms with van der Waals surface area (Å²) in [5.74, 6) is 0. The van der Waals surface area contributed by atoms with Gasteiger partial charge in [-0.2, -0.15) is 0 Å². The molecule has 0 spiro atoms. The average Bonchev–Trinajstić information content (AvgIpc) is 2.27. The minimum atomic E-state index is -4.50. The SMILES string of the molecule is NC1CCCCC1.O=P(O)(O)OC[C@H](O)CO. The van der Waals surface area contributed by atoms with Crippen LogP contribution in [0.3, 0.4) is 0 Å². The van der Waals surface area contributed by atoms with Gasteiger partial charge in [-0.05, 0) is 12.8 Å². The molecule has 1 aliphatic carbocycles. The van der Waals surface area contributed by atoms with Gasteiger partial charge in [-0.1, -0.05) is 19.3 Å². The maximum atomic E-state index is 9.93. The van der Waals surface area contributed by atoms with Crippen molar-refractivity contribution in [2.75, 3.05) is 13.2 Å². The molecule has 1 saturated carbocycles. The Labute approximate surface area is 101 Å². The second-order valence-corrected chi connectivity index (χ2v) is 5.26. The Morgan fingerprint density at radius 1 is 1.29 bits per heavy atom. The van der Waals surface area contributed by atoms with E-state index in [9.17, 15) is 4.57 Å². The maximum absolute atomic E-state index is 9.93. The van der Waals surface area contributed by atoms with Crippen LogP contribution >= 0.6 is 7.82 Å². The first-order valence-corrected chi connectivity index (χ1v) is 7.12. The van der Waals surface area contributed by atoms with Crippen molar-refractivity contribution < 1.29 is 29.1 Å². The summed E-state index contributed by atoms with van der Waals surface area (Å²) >= 11 is 0. The topological polar surface area (TPSA) is 133 Å². The molecule has 0 amide bonds. The lowest BCUT2D eigenvalue weighted by Crippen LogP contribution is -2.22. The molecule has 1 aliphatic rings. The second kappa shape index (κ2) is 8.99. The summed E-state index contributed by atoms with van der Waals surface area (Å²) in [6.45, 7) is -1.15. The summed E-state index contributed by atoms with van der Waals surface area (Å²) < 4.78 is 13.8. The van der Waals surface area contributed by atoms with Crippen LogP contribution in [0.1, 0.15) is 32.1 Å². The minimum absolute atomic E-state index is 0.536. The van der Waals surface area contributed by atoms with Crippen molar-refractivity contribution in [3.8, 4) is 0 Å². The summed E-state index contributed by atoms with van der Waals surface area (Å²) in [4.78, 5) is 16.1. The Morgan fingerprint density at radius 2 is 1.82 bits per heavy atom. The third-order valence-electron chi connectivity index (χ3n) is 2.30. The van der Waals surface area contributed by atoms with Crippen LogP contribution in [0.15, 0.2) is 0 Å². The highest BCUT2D eigenvalue weighted by Gasteiger charge is 2.15. The number of phosphoric ester groups is 1. The fraction of sp³-hybridized carbons (Fsp3) is 1.00. The van der Waals surface area contributed by atoms with Crippen molar-refractivity contribution in [1.29, 1.82) is 0 Å². The second-order valence-electron chi connectivity index (χ2n) is 4.02. The van der Waals surface area contributed by atoms with E-state index in [-0.39, 0.29) is 0 Å². The van der Waals surface area contributed by atoms with E-state index in [1.54, 1.807) is 0 Å². The summed E-state index contributed by atoms with van der Waals surface area (Å²) in [5, 5.41) is 16.7. The Bertz CT molecular complexity index is 228. The normalized spacial score (nSPS) is 19.4. The van der Waals surface area contributed by atoms with E-state index < -0.39 is 27.1 Å². The Hall–Kier alpha value is -0.0100. The lowest BCUT2D eigenvalue weighted by Gasteiger charge is -2.15. The predicted molar refractivity (Wildman–Crippen MR) is 62.1 cm³/mol. The molecular weight excluding hydrogens is 249 g/mol. The number of rotatable bonds is 4. The third kappa shape index (κ3) is 12.2. The number of nitrogens with two attached hydrogens (primary N) is 1. The minimum Gasteiger partial charge on any atom is -0.394 e. The van der Waals surface area contributed by atoms with Gasteiger partial charge in [0.2, 0.25) is 0 Å². The van der Waals surface area contributed by atoms with Crippen molar-refractivity contribution in [3.05, 3.63) is 0 Å². The first-order chi connectivity index (χ1) is 7.85. The molecule has 0 aliphatic heterocycles. The van der Waals surface area contributed by atoms with Gasteiger partial charge in [-0.25, -0.2) is 4.57 Å². The van der Waals surface area contributed by atoms with E-state index in [0.717, 1.165) is 0 Å². The van der Waals surface area contributed by atoms with Gasteiger partial charge in [-0.3, -0.25) is 4.52 Å². The molecule has 0 heterocycles. The predicted octanol–water partition coefficient (Wildman–Crippen LogP) is -0.273. The summed E-state index contributed by atoms with van der Waals surface area (Å²) in [6.07, 6.45) is 5.42. The van der Waals surface area contributed by atoms with Crippen LogP contribution in [0.4, 0.5) is 0 Å². The molecule has 17 heavy (non-hydrogen) atoms. The van der Waals surface area contributed by atoms with Gasteiger partial charge in [0.05, 0.1) is 13.2 Å². The summed E-state index contributed by atoms with van der Waals surface area (Å²) in [6, 6.07) is 0.536. The summed E-state index contributed by atoms with van der Waals surface area (Å²) in [5.41, 5.74) is 5.63. The molecule has 0 unspecified atom stereocenters. The van der Waals surface area contributed by atoms with Gasteiger partial charge in [0.1, 0.15) is 6.10 Å². The van der Waals surface area contributed by atoms with Crippen LogP contribution in [0.2, 0.25) is 0 Å². The van der Waals surface area contributed by atoms with Crippen LogP contribution in [0, 0.1) is 0 Å². The van der Waals surface area contributed by atoms with E-state index in [2.05, 4.69) is 4.52 Å². The zero-order chi connectivity index (χ0) is 13.3. The number of hydrogen-bond donors (Lipinski definition) is 5. The lowest BCUT2D eigenvalue weighted by molar-refractivity contribution is 0.0419. The van der Waals surface area contributed by atoms with Crippen molar-refractivity contribution in [2.24, 2.45) is 5.73 Å². The highest BCUT2D eigenvalue weighted by atomic mass is 31.2. The fourth-order valence-electron chi connectivity index (χ4n) is 1.37. The number of aliphatic hydroxyl groups is 2. The highest BCUT2D eigenvalue weighted by Crippen LogP contribution is 2.35. The third-order valence-corrected chi connectivity index (χ3v) is 2.78. The zero-order valence-electron chi connectivity index (χ0n) is 9.73. The first kappa shape index (κ1) is 17.0. The molecule has 6 N–H and O–H groups in total. The van der Waals surface area contributed by atoms with E-state index in [1.807, 2.05) is 0 Å². The molecule has 8 heteroatoms. The molecule has 0 aromatic carbocycles. The van der Waals surface area contributed by atoms with Gasteiger partial charge >= 0.3 is 7.82 Å². The van der Waals surface area contributed by atoms with Crippen LogP contribution in [-0.4, -0.2) is 45.4 Å². The summed E-state index contributed by atoms with van der Waals surface area (Å²) in [7, 11) is -4.50. The van der Waals surface area contributed by atoms with Crippen molar-refractivity contribution >= 4 is 7.82 Å². The van der Waals surface area contributed by atoms with Crippen molar-refractivity contribution in [1.82, 2.24) is 0 Å². The molecule has 0 radical (unpaired) electrons. The first-order valence-electron chi connectivity index (χ1n) is 5.59. The number of aliphatic hydroxyl groups excluding tert-OH is 2. The molecule has 0 aromatic rings. The average molecular weight is 271 g/mol. The lowest BCUT2D eigenvalue weighted by atomic mass is 9.97. The molecule has 0 bridgehead atoms. The Morgan fingerprint density at radius 3 is 2.12 bits per heavy atom. The molecule has 1 rings (SSSR count). The van der Waals surface area contributed by atoms with E-state index in [4.69, 9.17) is 25.7 Å². The van der Waals surface area contributed by atoms with Crippen LogP contribution < -0.4 is 5.73 Å². The Kier molecular flexibility index (Phi) is 8.99. The van der Waals surface area contributed by atoms with Crippen LogP contribution in [0.25, 0.3) is 0 Å². The maximum Gasteiger partial charge on any atom is 0.469 e. The Balaban J connectivity index is 0.000000318. The fourth-order valence-corrected chi connectivity index (χ4v) is 1.74. The molecular formula is C9H22NO6P. The largest absolute Gasteiger partial charge is 0.469 e. The highest BCUT2D eigenvalue weighted by molar-refractivity contribution is 7.46. The molecule has 0 aromatic heterocycles. The van der Waals surface area contributed by atoms with E-state index >= 15 is 0 Å². The molecule has 104 valence electrons. The quantitative estimate of drug-likeness (QED) is 0.444. The van der Waals surface area contributed by atoms with Crippen LogP contribution in [0.5, 0.6) is 0 Å². The molecule has 1 fully saturated rings. The van der Waals surface area contributed by atoms with Gasteiger partial charge in [-0.15, -0.1) is 0 Å². The zero-order valence-corrected chi connectivity index (χ0v) is 10.6. The van der Waals surface area contributed by atoms with Gasteiger partial charge in [0.15, 0.2) is 0 Å². The van der Waals surface area contributed by atoms with E-state index in [1.165, 1.54) is 32.1 Å². The van der Waals surface area contributed by atoms with Crippen molar-refractivity contribution in [2.45, 2.75) is 44.2 Å². The van der Waals surface area contributed by atoms with Crippen LogP contribution in [-0.2, 0) is 9.09 Å². The monoisotopic (exact) mass is 271 g/mol. The van der Waals surface area contributed by atoms with Gasteiger partial charge in [0, 0.05) is 6.04 Å². The molecule has 1 atom stereocenters. The smallest absolute Gasteiger partial charge is 0.394 e. The molecule has 0 saturated heterocycles. The molecule has 7 nitrogen and oxygen atoms in total. The standard InChI is InChI=1S/C6H13N.C3H9O6P/c7-6-4-2-1-3-5-6;4-1-3(5)2-9-10(6,7)8/h6H,1-5,7H2;3-5H,1-2H2,(H2,6,7,8)/t;3-/m.1/s1. The van der Waals surface area contributed by atoms with E-state index in [0.29, 0.717) is 6.04 Å².